The molecule has 15 atom stereocenters. The first-order chi connectivity index (χ1) is 44.1. The van der Waals surface area contributed by atoms with Crippen molar-refractivity contribution in [1.29, 1.82) is 0 Å². The minimum atomic E-state index is -1.63. The molecule has 24 heteroatoms. The summed E-state index contributed by atoms with van der Waals surface area (Å²) in [6.45, 7) is 32.0. The second-order valence-electron chi connectivity index (χ2n) is 29.9. The molecule has 0 aliphatic carbocycles. The van der Waals surface area contributed by atoms with Gasteiger partial charge in [0.15, 0.2) is 11.6 Å². The van der Waals surface area contributed by atoms with Crippen LogP contribution in [-0.4, -0.2) is 263 Å². The summed E-state index contributed by atoms with van der Waals surface area (Å²) in [5, 5.41) is 15.1. The zero-order chi connectivity index (χ0) is 72.7. The van der Waals surface area contributed by atoms with Gasteiger partial charge in [-0.3, -0.25) is 62.5 Å². The number of nitrogens with one attached hydrogen (secondary N) is 1. The van der Waals surface area contributed by atoms with E-state index in [1.807, 2.05) is 54.5 Å². The molecule has 3 fully saturated rings. The summed E-state index contributed by atoms with van der Waals surface area (Å²) in [6.07, 6.45) is 1.70. The van der Waals surface area contributed by atoms with Gasteiger partial charge in [-0.2, -0.15) is 0 Å². The van der Waals surface area contributed by atoms with Crippen LogP contribution in [0.3, 0.4) is 0 Å². The summed E-state index contributed by atoms with van der Waals surface area (Å²) in [4.78, 5) is 190. The lowest BCUT2D eigenvalue weighted by Gasteiger charge is -2.42. The highest BCUT2D eigenvalue weighted by atomic mass is 16.6. The summed E-state index contributed by atoms with van der Waals surface area (Å²) < 4.78 is 5.34. The molecule has 3 heterocycles. The van der Waals surface area contributed by atoms with Crippen molar-refractivity contribution in [3.63, 3.8) is 0 Å². The lowest BCUT2D eigenvalue weighted by molar-refractivity contribution is -0.157. The van der Waals surface area contributed by atoms with Crippen LogP contribution < -0.4 is 5.32 Å². The lowest BCUT2D eigenvalue weighted by Crippen LogP contribution is -2.63. The minimum absolute atomic E-state index is 0.000514. The van der Waals surface area contributed by atoms with E-state index in [2.05, 4.69) is 10.2 Å². The van der Waals surface area contributed by atoms with E-state index >= 15 is 33.6 Å². The smallest absolute Gasteiger partial charge is 0.410 e. The van der Waals surface area contributed by atoms with Crippen molar-refractivity contribution in [3.05, 3.63) is 12.2 Å². The molecule has 0 aromatic heterocycles. The van der Waals surface area contributed by atoms with Gasteiger partial charge in [0.1, 0.15) is 48.6 Å². The van der Waals surface area contributed by atoms with Crippen molar-refractivity contribution in [2.75, 3.05) is 82.1 Å². The first kappa shape index (κ1) is 82.9. The summed E-state index contributed by atoms with van der Waals surface area (Å²) in [7, 11) is 10.2. The molecule has 0 saturated carbocycles. The number of ether oxygens (including phenoxy) is 1. The van der Waals surface area contributed by atoms with E-state index in [1.165, 1.54) is 85.7 Å². The Kier molecular flexibility index (Phi) is 32.2. The highest BCUT2D eigenvalue weighted by Gasteiger charge is 2.47. The molecule has 0 aromatic rings. The summed E-state index contributed by atoms with van der Waals surface area (Å²) in [6, 6.07) is -10.1. The number of hydrogen-bond acceptors (Lipinski definition) is 15. The van der Waals surface area contributed by atoms with Gasteiger partial charge in [0.05, 0.1) is 24.2 Å². The number of piperazine rings is 1. The number of rotatable bonds is 16. The molecule has 2 N–H and O–H groups in total. The summed E-state index contributed by atoms with van der Waals surface area (Å²) in [5.74, 6) is -11.7. The number of Topliss-reactive ketones (excluding diaryl/α,β-unsaturated/α-hetero) is 3. The fourth-order valence-electron chi connectivity index (χ4n) is 13.8. The second-order valence-corrected chi connectivity index (χ2v) is 29.9. The molecule has 0 bridgehead atoms. The zero-order valence-electron chi connectivity index (χ0n) is 62.2. The standard InChI is InChI=1S/C71H122N10O14/c1-25-27-28-45(13)62(85)61-63(86)72-52(26-2)67(90)73(18)49(17)65(88)78(23)60(48(16)37-80-29-30-81-50(38-80)39-95-71(81)94)58(84)36-51(43(9)10)66(89)74(19)53(31-40(3)4)57(83)34-46(14)56(82)35-47(15)64(87)75(20)54(32-41(5)6)68(91)76(21)55(33-42(7)8)69(92)77(22)59(44(11)12)70(93)79(61)24/h25,27,40-55,59-62,85H,26,28-39H2,1-24H3,(H,72,86)/b27-25+/t45-,46-,47+,48+,49-,50?,51+,52+,53+,54+,55+,59+,60+,61+,62-/m1/s1. The van der Waals surface area contributed by atoms with E-state index in [-0.39, 0.29) is 86.9 Å². The Bertz CT molecular complexity index is 2720. The first-order valence-corrected chi connectivity index (χ1v) is 34.8. The predicted octanol–water partition coefficient (Wildman–Crippen LogP) is 5.66. The van der Waals surface area contributed by atoms with Gasteiger partial charge in [0, 0.05) is 113 Å². The third-order valence-electron chi connectivity index (χ3n) is 20.0. The highest BCUT2D eigenvalue weighted by Crippen LogP contribution is 2.30. The Hall–Kier alpha value is -6.30. The van der Waals surface area contributed by atoms with E-state index in [0.717, 1.165) is 4.90 Å². The van der Waals surface area contributed by atoms with Crippen LogP contribution in [0, 0.1) is 59.2 Å². The van der Waals surface area contributed by atoms with Crippen LogP contribution in [0.15, 0.2) is 12.2 Å². The number of aliphatic hydroxyl groups excluding tert-OH is 1. The molecule has 3 rings (SSSR count). The normalized spacial score (nSPS) is 29.2. The van der Waals surface area contributed by atoms with Gasteiger partial charge in [-0.05, 0) is 87.4 Å². The Morgan fingerprint density at radius 1 is 0.526 bits per heavy atom. The van der Waals surface area contributed by atoms with E-state index < -0.39 is 155 Å². The van der Waals surface area contributed by atoms with Crippen LogP contribution in [-0.2, 0) is 57.5 Å². The molecule has 9 amide bonds. The molecule has 1 unspecified atom stereocenters. The fraction of sp³-hybridized carbons (Fsp3) is 0.803. The Morgan fingerprint density at radius 2 is 1.02 bits per heavy atom. The monoisotopic (exact) mass is 1340 g/mol. The van der Waals surface area contributed by atoms with Crippen LogP contribution >= 0.6 is 0 Å². The molecule has 95 heavy (non-hydrogen) atoms. The average Bonchev–Trinajstić information content (AvgIpc) is 1.33. The molecule has 0 aromatic carbocycles. The Morgan fingerprint density at radius 3 is 1.54 bits per heavy atom. The predicted molar refractivity (Wildman–Crippen MR) is 365 cm³/mol. The molecule has 24 nitrogen and oxygen atoms in total. The van der Waals surface area contributed by atoms with E-state index in [0.29, 0.717) is 32.6 Å². The average molecular weight is 1340 g/mol. The molecule has 0 spiro atoms. The van der Waals surface area contributed by atoms with Gasteiger partial charge >= 0.3 is 6.09 Å². The van der Waals surface area contributed by atoms with Crippen LogP contribution in [0.1, 0.15) is 169 Å². The molecular weight excluding hydrogens is 1220 g/mol. The Labute approximate surface area is 568 Å². The van der Waals surface area contributed by atoms with Crippen molar-refractivity contribution < 1.29 is 67.4 Å². The van der Waals surface area contributed by atoms with Crippen molar-refractivity contribution in [2.24, 2.45) is 59.2 Å². The summed E-state index contributed by atoms with van der Waals surface area (Å²) >= 11 is 0. The minimum Gasteiger partial charge on any atom is -0.447 e. The number of carbonyl (C=O) groups excluding carboxylic acids is 12. The number of hydrogen-bond donors (Lipinski definition) is 2. The number of fused-ring (bicyclic) bond motifs is 1. The number of likely N-dealkylation sites (N-methyl/N-ethyl adjacent to an activating group) is 7. The van der Waals surface area contributed by atoms with Gasteiger partial charge in [0.2, 0.25) is 47.3 Å². The maximum Gasteiger partial charge on any atom is 0.410 e. The van der Waals surface area contributed by atoms with Crippen molar-refractivity contribution in [1.82, 2.24) is 49.4 Å². The number of amides is 9. The van der Waals surface area contributed by atoms with E-state index in [1.54, 1.807) is 73.3 Å². The van der Waals surface area contributed by atoms with Gasteiger partial charge in [-0.1, -0.05) is 116 Å². The van der Waals surface area contributed by atoms with Crippen LogP contribution in [0.2, 0.25) is 0 Å². The number of allylic oxidation sites excluding steroid dienone is 2. The van der Waals surface area contributed by atoms with Crippen molar-refractivity contribution in [3.8, 4) is 0 Å². The molecular formula is C71H122N10O14. The number of aliphatic hydroxyl groups is 1. The largest absolute Gasteiger partial charge is 0.447 e. The first-order valence-electron chi connectivity index (χ1n) is 34.8. The van der Waals surface area contributed by atoms with Gasteiger partial charge in [0.25, 0.3) is 0 Å². The van der Waals surface area contributed by atoms with Gasteiger partial charge in [-0.25, -0.2) is 4.79 Å². The van der Waals surface area contributed by atoms with Gasteiger partial charge < -0.3 is 49.5 Å². The molecule has 540 valence electrons. The van der Waals surface area contributed by atoms with Crippen LogP contribution in [0.4, 0.5) is 4.79 Å². The van der Waals surface area contributed by atoms with E-state index in [9.17, 15) is 29.1 Å². The zero-order valence-corrected chi connectivity index (χ0v) is 62.2. The lowest BCUT2D eigenvalue weighted by atomic mass is 9.83. The second kappa shape index (κ2) is 36.9. The number of carbonyl (C=O) groups is 12. The SMILES string of the molecule is C/C=C/C[C@@H](C)[C@@H](O)[C@H]1C(=O)N[C@@H](CC)C(=O)N(C)[C@H](C)C(=O)N(C)[C@@H]([C@@H](C)CN2CCN3C(=O)OCC3C2)C(=O)C[C@@H](C(C)C)C(=O)N(C)[C@@H](CC(C)C)C(=O)C[C@@H](C)C(=O)C[C@H](C)C(=O)N(C)[C@@H](CC(C)C)C(=O)N(C)[C@@H](CC(C)C)C(=O)N(C)[C@@H](C(C)C)C(=O)N1C. The van der Waals surface area contributed by atoms with Gasteiger partial charge in [-0.15, -0.1) is 0 Å². The maximum atomic E-state index is 15.4. The third kappa shape index (κ3) is 21.3. The van der Waals surface area contributed by atoms with Crippen molar-refractivity contribution >= 4 is 70.7 Å². The topological polar surface area (TPSA) is 275 Å². The molecule has 3 saturated heterocycles. The van der Waals surface area contributed by atoms with Crippen LogP contribution in [0.5, 0.6) is 0 Å². The van der Waals surface area contributed by atoms with Crippen molar-refractivity contribution in [2.45, 2.75) is 230 Å². The molecule has 3 aliphatic heterocycles. The third-order valence-corrected chi connectivity index (χ3v) is 20.0. The van der Waals surface area contributed by atoms with Crippen LogP contribution in [0.25, 0.3) is 0 Å². The Balaban J connectivity index is 2.35. The molecule has 0 radical (unpaired) electrons. The number of ketones is 3. The summed E-state index contributed by atoms with van der Waals surface area (Å²) in [5.41, 5.74) is 0. The van der Waals surface area contributed by atoms with E-state index in [4.69, 9.17) is 4.74 Å². The highest BCUT2D eigenvalue weighted by molar-refractivity contribution is 6.00. The fourth-order valence-corrected chi connectivity index (χ4v) is 13.8. The number of nitrogens with zero attached hydrogens (tertiary/aromatic N) is 9. The quantitative estimate of drug-likeness (QED) is 0.177. The maximum absolute atomic E-state index is 15.4. The number of cyclic esters (lactones) is 1. The molecule has 3 aliphatic rings.